The number of anilines is 1. The molecule has 24 heavy (non-hydrogen) atoms. The maximum Gasteiger partial charge on any atom is 0.420 e. The van der Waals surface area contributed by atoms with Crippen LogP contribution in [0, 0.1) is 0 Å². The van der Waals surface area contributed by atoms with Gasteiger partial charge in [-0.2, -0.15) is 5.10 Å². The zero-order valence-electron chi connectivity index (χ0n) is 12.8. The fourth-order valence-corrected chi connectivity index (χ4v) is 2.78. The first-order valence-electron chi connectivity index (χ1n) is 7.48. The summed E-state index contributed by atoms with van der Waals surface area (Å²) in [6.45, 7) is 1.66. The Morgan fingerprint density at radius 3 is 2.96 bits per heavy atom. The molecule has 0 aliphatic heterocycles. The number of nitrogens with zero attached hydrogens (tertiary/aromatic N) is 2. The Bertz CT molecular complexity index is 1110. The lowest BCUT2D eigenvalue weighted by Gasteiger charge is -2.13. The van der Waals surface area contributed by atoms with E-state index in [1.807, 2.05) is 12.1 Å². The van der Waals surface area contributed by atoms with Crippen LogP contribution in [0.5, 0.6) is 0 Å². The molecule has 0 radical (unpaired) electrons. The standard InChI is InChI=1S/C17H14N4O3/c1-10(21-13-7-2-3-8-14(13)24-17(21)23)16(22)19-12-6-4-5-11-9-18-20-15(11)12/h2-10H,1H3,(H,18,20)(H,19,22). The van der Waals surface area contributed by atoms with E-state index in [0.717, 1.165) is 10.9 Å². The second-order valence-corrected chi connectivity index (χ2v) is 5.51. The Hall–Kier alpha value is -3.35. The van der Waals surface area contributed by atoms with E-state index in [1.165, 1.54) is 4.57 Å². The lowest BCUT2D eigenvalue weighted by molar-refractivity contribution is -0.118. The van der Waals surface area contributed by atoms with Crippen LogP contribution in [0.25, 0.3) is 22.0 Å². The zero-order valence-corrected chi connectivity index (χ0v) is 12.8. The van der Waals surface area contributed by atoms with E-state index in [9.17, 15) is 9.59 Å². The number of oxazole rings is 1. The van der Waals surface area contributed by atoms with E-state index in [4.69, 9.17) is 4.42 Å². The lowest BCUT2D eigenvalue weighted by atomic mass is 10.2. The van der Waals surface area contributed by atoms with Gasteiger partial charge in [0.1, 0.15) is 6.04 Å². The third kappa shape index (κ3) is 2.18. The third-order valence-corrected chi connectivity index (χ3v) is 4.02. The molecule has 2 aromatic carbocycles. The van der Waals surface area contributed by atoms with Crippen LogP contribution in [-0.4, -0.2) is 20.7 Å². The highest BCUT2D eigenvalue weighted by Crippen LogP contribution is 2.22. The van der Waals surface area contributed by atoms with Gasteiger partial charge in [0.25, 0.3) is 0 Å². The largest absolute Gasteiger partial charge is 0.420 e. The number of hydrogen-bond donors (Lipinski definition) is 2. The number of carbonyl (C=O) groups excluding carboxylic acids is 1. The summed E-state index contributed by atoms with van der Waals surface area (Å²) in [4.78, 5) is 24.7. The van der Waals surface area contributed by atoms with Gasteiger partial charge in [-0.15, -0.1) is 0 Å². The molecule has 0 saturated carbocycles. The molecular formula is C17H14N4O3. The van der Waals surface area contributed by atoms with Crippen molar-refractivity contribution in [3.8, 4) is 0 Å². The van der Waals surface area contributed by atoms with Crippen LogP contribution in [0.4, 0.5) is 5.69 Å². The summed E-state index contributed by atoms with van der Waals surface area (Å²) < 4.78 is 6.53. The molecule has 1 amide bonds. The number of hydrogen-bond acceptors (Lipinski definition) is 4. The smallest absolute Gasteiger partial charge is 0.408 e. The number of H-pyrrole nitrogens is 1. The summed E-state index contributed by atoms with van der Waals surface area (Å²) in [5.74, 6) is -0.871. The Balaban J connectivity index is 1.70. The molecule has 4 aromatic rings. The van der Waals surface area contributed by atoms with E-state index in [1.54, 1.807) is 43.5 Å². The van der Waals surface area contributed by atoms with Crippen molar-refractivity contribution in [3.05, 3.63) is 59.2 Å². The highest BCUT2D eigenvalue weighted by molar-refractivity contribution is 6.01. The van der Waals surface area contributed by atoms with Gasteiger partial charge in [-0.1, -0.05) is 24.3 Å². The molecule has 120 valence electrons. The minimum absolute atomic E-state index is 0.314. The number of nitrogens with one attached hydrogen (secondary N) is 2. The summed E-state index contributed by atoms with van der Waals surface area (Å²) in [6, 6.07) is 11.8. The van der Waals surface area contributed by atoms with Crippen molar-refractivity contribution in [1.29, 1.82) is 0 Å². The first-order chi connectivity index (χ1) is 11.6. The molecule has 7 nitrogen and oxygen atoms in total. The number of benzene rings is 2. The van der Waals surface area contributed by atoms with E-state index >= 15 is 0 Å². The fourth-order valence-electron chi connectivity index (χ4n) is 2.78. The molecular weight excluding hydrogens is 308 g/mol. The van der Waals surface area contributed by atoms with Crippen molar-refractivity contribution in [2.75, 3.05) is 5.32 Å². The number of carbonyl (C=O) groups is 1. The van der Waals surface area contributed by atoms with Crippen LogP contribution in [0.1, 0.15) is 13.0 Å². The van der Waals surface area contributed by atoms with Gasteiger partial charge in [0.15, 0.2) is 5.58 Å². The summed E-state index contributed by atoms with van der Waals surface area (Å²) in [6.07, 6.45) is 1.68. The predicted octanol–water partition coefficient (Wildman–Crippen LogP) is 2.67. The Morgan fingerprint density at radius 2 is 2.08 bits per heavy atom. The normalized spacial score (nSPS) is 12.5. The topological polar surface area (TPSA) is 92.9 Å². The second-order valence-electron chi connectivity index (χ2n) is 5.51. The first kappa shape index (κ1) is 14.3. The van der Waals surface area contributed by atoms with Crippen LogP contribution in [-0.2, 0) is 4.79 Å². The maximum absolute atomic E-state index is 12.6. The highest BCUT2D eigenvalue weighted by Gasteiger charge is 2.21. The average molecular weight is 322 g/mol. The van der Waals surface area contributed by atoms with Crippen molar-refractivity contribution < 1.29 is 9.21 Å². The van der Waals surface area contributed by atoms with Crippen molar-refractivity contribution in [1.82, 2.24) is 14.8 Å². The fraction of sp³-hybridized carbons (Fsp3) is 0.118. The van der Waals surface area contributed by atoms with Gasteiger partial charge in [0, 0.05) is 5.39 Å². The van der Waals surface area contributed by atoms with Crippen LogP contribution >= 0.6 is 0 Å². The van der Waals surface area contributed by atoms with Crippen molar-refractivity contribution >= 4 is 33.6 Å². The number of aromatic amines is 1. The zero-order chi connectivity index (χ0) is 16.7. The number of para-hydroxylation sites is 3. The number of aromatic nitrogens is 3. The molecule has 4 rings (SSSR count). The van der Waals surface area contributed by atoms with Gasteiger partial charge in [-0.05, 0) is 25.1 Å². The van der Waals surface area contributed by atoms with E-state index in [0.29, 0.717) is 16.8 Å². The lowest BCUT2D eigenvalue weighted by Crippen LogP contribution is -2.29. The summed E-state index contributed by atoms with van der Waals surface area (Å²) in [7, 11) is 0. The third-order valence-electron chi connectivity index (χ3n) is 4.02. The molecule has 7 heteroatoms. The van der Waals surface area contributed by atoms with Crippen LogP contribution in [0.3, 0.4) is 0 Å². The number of amides is 1. The van der Waals surface area contributed by atoms with Gasteiger partial charge in [-0.25, -0.2) is 4.79 Å². The minimum atomic E-state index is -0.723. The molecule has 0 fully saturated rings. The quantitative estimate of drug-likeness (QED) is 0.606. The van der Waals surface area contributed by atoms with Crippen molar-refractivity contribution in [3.63, 3.8) is 0 Å². The molecule has 2 heterocycles. The highest BCUT2D eigenvalue weighted by atomic mass is 16.4. The maximum atomic E-state index is 12.6. The Labute approximate surface area is 135 Å². The monoisotopic (exact) mass is 322 g/mol. The number of rotatable bonds is 3. The van der Waals surface area contributed by atoms with Gasteiger partial charge in [-0.3, -0.25) is 14.5 Å². The van der Waals surface area contributed by atoms with Crippen LogP contribution < -0.4 is 11.1 Å². The van der Waals surface area contributed by atoms with Crippen molar-refractivity contribution in [2.24, 2.45) is 0 Å². The molecule has 2 aromatic heterocycles. The SMILES string of the molecule is CC(C(=O)Nc1cccc2cn[nH]c12)n1c(=O)oc2ccccc21. The van der Waals surface area contributed by atoms with Crippen LogP contribution in [0.2, 0.25) is 0 Å². The minimum Gasteiger partial charge on any atom is -0.408 e. The van der Waals surface area contributed by atoms with Gasteiger partial charge in [0.05, 0.1) is 22.9 Å². The Morgan fingerprint density at radius 1 is 1.25 bits per heavy atom. The molecule has 1 unspecified atom stereocenters. The van der Waals surface area contributed by atoms with E-state index in [2.05, 4.69) is 15.5 Å². The van der Waals surface area contributed by atoms with E-state index < -0.39 is 11.8 Å². The summed E-state index contributed by atoms with van der Waals surface area (Å²) in [5.41, 5.74) is 2.40. The van der Waals surface area contributed by atoms with Gasteiger partial charge >= 0.3 is 5.76 Å². The first-order valence-corrected chi connectivity index (χ1v) is 7.48. The van der Waals surface area contributed by atoms with E-state index in [-0.39, 0.29) is 5.91 Å². The summed E-state index contributed by atoms with van der Waals surface area (Å²) >= 11 is 0. The van der Waals surface area contributed by atoms with Crippen LogP contribution in [0.15, 0.2) is 57.9 Å². The second kappa shape index (κ2) is 5.38. The van der Waals surface area contributed by atoms with Gasteiger partial charge in [0.2, 0.25) is 5.91 Å². The summed E-state index contributed by atoms with van der Waals surface area (Å²) in [5, 5.41) is 10.6. The number of fused-ring (bicyclic) bond motifs is 2. The molecule has 0 aliphatic carbocycles. The molecule has 0 aliphatic rings. The predicted molar refractivity (Wildman–Crippen MR) is 89.9 cm³/mol. The van der Waals surface area contributed by atoms with Crippen molar-refractivity contribution in [2.45, 2.75) is 13.0 Å². The Kier molecular flexibility index (Phi) is 3.19. The molecule has 1 atom stereocenters. The van der Waals surface area contributed by atoms with Gasteiger partial charge < -0.3 is 9.73 Å². The molecule has 2 N–H and O–H groups in total. The molecule has 0 saturated heterocycles. The molecule has 0 bridgehead atoms. The average Bonchev–Trinajstić information content (AvgIpc) is 3.18. The molecule has 0 spiro atoms.